The fraction of sp³-hybridized carbons (Fsp3) is 0.520. The lowest BCUT2D eigenvalue weighted by Gasteiger charge is -2.19. The van der Waals surface area contributed by atoms with Gasteiger partial charge in [0.1, 0.15) is 23.0 Å². The molecule has 3 aromatic rings. The third-order valence-electron chi connectivity index (χ3n) is 5.29. The van der Waals surface area contributed by atoms with Gasteiger partial charge in [0.15, 0.2) is 0 Å². The van der Waals surface area contributed by atoms with E-state index in [-0.39, 0.29) is 17.3 Å². The predicted molar refractivity (Wildman–Crippen MR) is 141 cm³/mol. The smallest absolute Gasteiger partial charge is 0.239 e. The summed E-state index contributed by atoms with van der Waals surface area (Å²) in [6, 6.07) is 5.71. The van der Waals surface area contributed by atoms with Crippen molar-refractivity contribution in [1.82, 2.24) is 24.7 Å². The highest BCUT2D eigenvalue weighted by Crippen LogP contribution is 2.38. The first-order valence-electron chi connectivity index (χ1n) is 12.0. The van der Waals surface area contributed by atoms with Crippen LogP contribution < -0.4 is 14.2 Å². The molecule has 4 rings (SSSR count). The molecule has 2 atom stereocenters. The van der Waals surface area contributed by atoms with Crippen molar-refractivity contribution in [3.05, 3.63) is 47.8 Å². The van der Waals surface area contributed by atoms with Crippen LogP contribution in [0.1, 0.15) is 50.3 Å². The van der Waals surface area contributed by atoms with Gasteiger partial charge >= 0.3 is 0 Å². The van der Waals surface area contributed by atoms with E-state index in [1.54, 1.807) is 46.2 Å². The second-order valence-corrected chi connectivity index (χ2v) is 10.0. The molecule has 36 heavy (non-hydrogen) atoms. The van der Waals surface area contributed by atoms with Crippen LogP contribution in [0.3, 0.4) is 0 Å². The fourth-order valence-corrected chi connectivity index (χ4v) is 4.34. The number of rotatable bonds is 9. The SMILES string of the molecule is CC(C)O.COc1cccc(OC)c1-n1c(NSC(C)Cc2cnc(C)cn2)nnc1C1CCOC1. The van der Waals surface area contributed by atoms with E-state index in [2.05, 4.69) is 31.8 Å². The van der Waals surface area contributed by atoms with E-state index in [0.717, 1.165) is 35.7 Å². The molecule has 0 bridgehead atoms. The van der Waals surface area contributed by atoms with E-state index in [9.17, 15) is 0 Å². The van der Waals surface area contributed by atoms with Gasteiger partial charge in [0.05, 0.1) is 32.2 Å². The van der Waals surface area contributed by atoms with Crippen LogP contribution in [0.5, 0.6) is 11.5 Å². The standard InChI is InChI=1S/C22H28N6O3S.C3H8O/c1-14-11-24-17(12-23-14)10-15(2)32-27-22-26-25-21(16-8-9-31-13-16)28(22)20-18(29-3)6-5-7-19(20)30-4;1-3(2)4/h5-7,11-12,15-16H,8-10,13H2,1-4H3,(H,26,27);3-4H,1-2H3. The Labute approximate surface area is 216 Å². The van der Waals surface area contributed by atoms with Crippen molar-refractivity contribution < 1.29 is 19.3 Å². The van der Waals surface area contributed by atoms with Crippen LogP contribution >= 0.6 is 11.9 Å². The van der Waals surface area contributed by atoms with Crippen LogP contribution in [0.4, 0.5) is 5.95 Å². The van der Waals surface area contributed by atoms with Crippen LogP contribution in [0, 0.1) is 6.92 Å². The van der Waals surface area contributed by atoms with E-state index in [4.69, 9.17) is 19.3 Å². The molecule has 2 N–H and O–H groups in total. The summed E-state index contributed by atoms with van der Waals surface area (Å²) in [5, 5.41) is 17.3. The highest BCUT2D eigenvalue weighted by Gasteiger charge is 2.29. The first-order valence-corrected chi connectivity index (χ1v) is 12.8. The topological polar surface area (TPSA) is 116 Å². The maximum atomic E-state index is 8.06. The van der Waals surface area contributed by atoms with Gasteiger partial charge < -0.3 is 19.3 Å². The summed E-state index contributed by atoms with van der Waals surface area (Å²) in [7, 11) is 3.29. The Morgan fingerprint density at radius 3 is 2.39 bits per heavy atom. The van der Waals surface area contributed by atoms with E-state index >= 15 is 0 Å². The molecule has 0 amide bonds. The Morgan fingerprint density at radius 2 is 1.83 bits per heavy atom. The molecule has 1 saturated heterocycles. The minimum absolute atomic E-state index is 0.151. The Hall–Kier alpha value is -2.89. The summed E-state index contributed by atoms with van der Waals surface area (Å²) >= 11 is 1.57. The molecule has 1 aliphatic rings. The fourth-order valence-electron chi connectivity index (χ4n) is 3.65. The van der Waals surface area contributed by atoms with Crippen LogP contribution in [-0.4, -0.2) is 68.6 Å². The van der Waals surface area contributed by atoms with Crippen molar-refractivity contribution in [2.75, 3.05) is 32.2 Å². The van der Waals surface area contributed by atoms with Gasteiger partial charge in [-0.2, -0.15) is 0 Å². The molecule has 0 saturated carbocycles. The zero-order chi connectivity index (χ0) is 26.1. The zero-order valence-electron chi connectivity index (χ0n) is 21.8. The number of benzene rings is 1. The van der Waals surface area contributed by atoms with Crippen LogP contribution in [0.2, 0.25) is 0 Å². The monoisotopic (exact) mass is 516 g/mol. The molecule has 1 fully saturated rings. The zero-order valence-corrected chi connectivity index (χ0v) is 22.6. The molecule has 2 aromatic heterocycles. The summed E-state index contributed by atoms with van der Waals surface area (Å²) < 4.78 is 22.3. The Kier molecular flexibility index (Phi) is 10.3. The van der Waals surface area contributed by atoms with Gasteiger partial charge in [-0.25, -0.2) is 0 Å². The number of aromatic nitrogens is 5. The molecular weight excluding hydrogens is 480 g/mol. The molecule has 1 aliphatic heterocycles. The van der Waals surface area contributed by atoms with Gasteiger partial charge in [0.25, 0.3) is 0 Å². The van der Waals surface area contributed by atoms with Crippen molar-refractivity contribution in [3.8, 4) is 17.2 Å². The maximum absolute atomic E-state index is 8.06. The minimum atomic E-state index is -0.167. The molecule has 11 heteroatoms. The van der Waals surface area contributed by atoms with Crippen molar-refractivity contribution in [1.29, 1.82) is 0 Å². The number of nitrogens with zero attached hydrogens (tertiary/aromatic N) is 5. The van der Waals surface area contributed by atoms with E-state index in [1.807, 2.05) is 35.9 Å². The van der Waals surface area contributed by atoms with E-state index in [1.165, 1.54) is 0 Å². The summed E-state index contributed by atoms with van der Waals surface area (Å²) in [6.07, 6.45) is 5.12. The maximum Gasteiger partial charge on any atom is 0.239 e. The number of para-hydroxylation sites is 1. The summed E-state index contributed by atoms with van der Waals surface area (Å²) in [5.74, 6) is 2.95. The highest BCUT2D eigenvalue weighted by atomic mass is 32.2. The Bertz CT molecular complexity index is 1060. The Morgan fingerprint density at radius 1 is 1.14 bits per heavy atom. The second kappa shape index (κ2) is 13.4. The van der Waals surface area contributed by atoms with Gasteiger partial charge in [0, 0.05) is 42.7 Å². The molecule has 10 nitrogen and oxygen atoms in total. The van der Waals surface area contributed by atoms with Crippen molar-refractivity contribution in [2.24, 2.45) is 0 Å². The van der Waals surface area contributed by atoms with Crippen molar-refractivity contribution >= 4 is 17.9 Å². The summed E-state index contributed by atoms with van der Waals surface area (Å²) in [5.41, 5.74) is 2.63. The lowest BCUT2D eigenvalue weighted by atomic mass is 10.1. The first kappa shape index (κ1) is 27.7. The number of aliphatic hydroxyl groups is 1. The first-order chi connectivity index (χ1) is 17.3. The average Bonchev–Trinajstić information content (AvgIpc) is 3.53. The number of hydrogen-bond acceptors (Lipinski definition) is 10. The molecule has 3 heterocycles. The third kappa shape index (κ3) is 7.31. The molecule has 0 radical (unpaired) electrons. The number of methoxy groups -OCH3 is 2. The third-order valence-corrected chi connectivity index (χ3v) is 6.16. The predicted octanol–water partition coefficient (Wildman–Crippen LogP) is 3.97. The normalized spacial score (nSPS) is 15.8. The van der Waals surface area contributed by atoms with Crippen LogP contribution in [0.15, 0.2) is 30.6 Å². The second-order valence-electron chi connectivity index (χ2n) is 8.77. The molecule has 0 aliphatic carbocycles. The van der Waals surface area contributed by atoms with Crippen molar-refractivity contribution in [2.45, 2.75) is 57.8 Å². The molecule has 0 spiro atoms. The number of ether oxygens (including phenoxy) is 3. The number of hydrogen-bond donors (Lipinski definition) is 2. The van der Waals surface area contributed by atoms with Gasteiger partial charge in [-0.3, -0.25) is 19.3 Å². The van der Waals surface area contributed by atoms with E-state index < -0.39 is 0 Å². The molecule has 2 unspecified atom stereocenters. The molecule has 1 aromatic carbocycles. The van der Waals surface area contributed by atoms with Crippen LogP contribution in [-0.2, 0) is 11.2 Å². The van der Waals surface area contributed by atoms with Crippen LogP contribution in [0.25, 0.3) is 5.69 Å². The largest absolute Gasteiger partial charge is 0.494 e. The average molecular weight is 517 g/mol. The molecule has 196 valence electrons. The quantitative estimate of drug-likeness (QED) is 0.405. The summed E-state index contributed by atoms with van der Waals surface area (Å²) in [6.45, 7) is 8.84. The number of nitrogens with one attached hydrogen (secondary N) is 1. The van der Waals surface area contributed by atoms with Gasteiger partial charge in [-0.1, -0.05) is 13.0 Å². The van der Waals surface area contributed by atoms with Crippen molar-refractivity contribution in [3.63, 3.8) is 0 Å². The number of anilines is 1. The number of aliphatic hydroxyl groups excluding tert-OH is 1. The van der Waals surface area contributed by atoms with Gasteiger partial charge in [-0.15, -0.1) is 10.2 Å². The highest BCUT2D eigenvalue weighted by molar-refractivity contribution is 8.01. The molecular formula is C25H36N6O4S. The summed E-state index contributed by atoms with van der Waals surface area (Å²) in [4.78, 5) is 8.79. The lowest BCUT2D eigenvalue weighted by Crippen LogP contribution is -2.13. The number of aryl methyl sites for hydroxylation is 1. The van der Waals surface area contributed by atoms with Gasteiger partial charge in [-0.05, 0) is 51.3 Å². The van der Waals surface area contributed by atoms with Gasteiger partial charge in [0.2, 0.25) is 5.95 Å². The lowest BCUT2D eigenvalue weighted by molar-refractivity contribution is 0.193. The Balaban J connectivity index is 0.000000840. The minimum Gasteiger partial charge on any atom is -0.494 e. The van der Waals surface area contributed by atoms with E-state index in [0.29, 0.717) is 30.7 Å².